The molecule has 4 atom stereocenters. The maximum absolute atomic E-state index is 14.4. The van der Waals surface area contributed by atoms with Gasteiger partial charge in [0, 0.05) is 13.0 Å². The van der Waals surface area contributed by atoms with Gasteiger partial charge in [0.1, 0.15) is 12.2 Å². The molecule has 2 fully saturated rings. The Labute approximate surface area is 103 Å². The predicted molar refractivity (Wildman–Crippen MR) is 56.1 cm³/mol. The van der Waals surface area contributed by atoms with Gasteiger partial charge in [-0.1, -0.05) is 0 Å². The highest BCUT2D eigenvalue weighted by molar-refractivity contribution is 5.96. The zero-order chi connectivity index (χ0) is 13.5. The average molecular weight is 262 g/mol. The largest absolute Gasteiger partial charge is 0.394 e. The van der Waals surface area contributed by atoms with Crippen molar-refractivity contribution < 1.29 is 28.9 Å². The van der Waals surface area contributed by atoms with E-state index in [9.17, 15) is 19.1 Å². The van der Waals surface area contributed by atoms with Gasteiger partial charge in [0.15, 0.2) is 11.9 Å². The molecule has 3 unspecified atom stereocenters. The van der Waals surface area contributed by atoms with E-state index in [1.807, 2.05) is 5.32 Å². The van der Waals surface area contributed by atoms with Crippen LogP contribution in [0.1, 0.15) is 13.3 Å². The lowest BCUT2D eigenvalue weighted by Crippen LogP contribution is -2.59. The summed E-state index contributed by atoms with van der Waals surface area (Å²) in [5.41, 5.74) is -2.20. The van der Waals surface area contributed by atoms with Crippen molar-refractivity contribution in [3.8, 4) is 0 Å². The quantitative estimate of drug-likeness (QED) is 0.576. The molecule has 2 aliphatic heterocycles. The number of urea groups is 1. The molecule has 2 saturated heterocycles. The minimum atomic E-state index is -2.20. The number of imide groups is 1. The fourth-order valence-electron chi connectivity index (χ4n) is 2.20. The number of nitrogens with one attached hydrogen (secondary N) is 1. The highest BCUT2D eigenvalue weighted by Crippen LogP contribution is 2.36. The number of nitrogens with zero attached hydrogens (tertiary/aromatic N) is 1. The van der Waals surface area contributed by atoms with Gasteiger partial charge in [0.05, 0.1) is 6.61 Å². The third-order valence-electron chi connectivity index (χ3n) is 3.27. The highest BCUT2D eigenvalue weighted by Gasteiger charge is 2.57. The van der Waals surface area contributed by atoms with Gasteiger partial charge in [0.2, 0.25) is 5.91 Å². The topological polar surface area (TPSA) is 99.1 Å². The molecule has 8 heteroatoms. The maximum Gasteiger partial charge on any atom is 0.326 e. The van der Waals surface area contributed by atoms with Gasteiger partial charge in [-0.15, -0.1) is 0 Å². The first-order valence-electron chi connectivity index (χ1n) is 5.61. The summed E-state index contributed by atoms with van der Waals surface area (Å²) in [7, 11) is 0. The molecule has 2 aliphatic rings. The molecule has 0 aromatic carbocycles. The van der Waals surface area contributed by atoms with Gasteiger partial charge in [0.25, 0.3) is 0 Å². The smallest absolute Gasteiger partial charge is 0.326 e. The van der Waals surface area contributed by atoms with Gasteiger partial charge in [-0.3, -0.25) is 15.0 Å². The molecule has 0 aromatic heterocycles. The number of amides is 3. The van der Waals surface area contributed by atoms with E-state index in [1.54, 1.807) is 0 Å². The molecule has 0 saturated carbocycles. The number of rotatable bonds is 2. The van der Waals surface area contributed by atoms with Gasteiger partial charge < -0.3 is 14.9 Å². The number of hydrogen-bond donors (Lipinski definition) is 3. The first-order chi connectivity index (χ1) is 8.37. The third kappa shape index (κ3) is 1.96. The van der Waals surface area contributed by atoms with Crippen LogP contribution in [0.5, 0.6) is 0 Å². The van der Waals surface area contributed by atoms with Crippen LogP contribution in [-0.4, -0.2) is 64.3 Å². The molecular formula is C10H15FN2O5. The van der Waals surface area contributed by atoms with Crippen molar-refractivity contribution >= 4 is 11.9 Å². The Hall–Kier alpha value is -1.25. The first kappa shape index (κ1) is 13.2. The normalized spacial score (nSPS) is 41.1. The number of aliphatic hydroxyl groups is 2. The number of ether oxygens (including phenoxy) is 1. The molecule has 18 heavy (non-hydrogen) atoms. The van der Waals surface area contributed by atoms with Crippen molar-refractivity contribution in [3.05, 3.63) is 0 Å². The molecule has 0 aliphatic carbocycles. The fraction of sp³-hybridized carbons (Fsp3) is 0.800. The third-order valence-corrected chi connectivity index (χ3v) is 3.27. The second-order valence-corrected chi connectivity index (χ2v) is 4.60. The van der Waals surface area contributed by atoms with Crippen molar-refractivity contribution in [2.45, 2.75) is 37.4 Å². The van der Waals surface area contributed by atoms with Crippen molar-refractivity contribution in [1.82, 2.24) is 10.2 Å². The zero-order valence-corrected chi connectivity index (χ0v) is 9.80. The summed E-state index contributed by atoms with van der Waals surface area (Å²) in [4.78, 5) is 23.6. The lowest BCUT2D eigenvalue weighted by atomic mass is 9.98. The summed E-state index contributed by atoms with van der Waals surface area (Å²) in [5.74, 6) is -0.436. The summed E-state index contributed by atoms with van der Waals surface area (Å²) in [6.45, 7) is 0.562. The SMILES string of the molecule is C[C@@]1(F)C(O)C(CO)OC1N1CCC(=O)NC1=O. The number of carbonyl (C=O) groups is 2. The van der Waals surface area contributed by atoms with Crippen molar-refractivity contribution in [2.24, 2.45) is 0 Å². The van der Waals surface area contributed by atoms with Crippen LogP contribution in [0.2, 0.25) is 0 Å². The summed E-state index contributed by atoms with van der Waals surface area (Å²) < 4.78 is 19.5. The maximum atomic E-state index is 14.4. The van der Waals surface area contributed by atoms with E-state index in [-0.39, 0.29) is 13.0 Å². The number of halogens is 1. The second-order valence-electron chi connectivity index (χ2n) is 4.60. The Kier molecular flexibility index (Phi) is 3.26. The Bertz CT molecular complexity index is 375. The van der Waals surface area contributed by atoms with Crippen LogP contribution in [0.15, 0.2) is 0 Å². The molecule has 2 rings (SSSR count). The molecule has 102 valence electrons. The van der Waals surface area contributed by atoms with E-state index in [2.05, 4.69) is 0 Å². The van der Waals surface area contributed by atoms with Gasteiger partial charge in [-0.25, -0.2) is 9.18 Å². The van der Waals surface area contributed by atoms with Crippen LogP contribution in [0.4, 0.5) is 9.18 Å². The van der Waals surface area contributed by atoms with Crippen LogP contribution in [0.25, 0.3) is 0 Å². The van der Waals surface area contributed by atoms with Crippen molar-refractivity contribution in [2.75, 3.05) is 13.2 Å². The Morgan fingerprint density at radius 3 is 2.78 bits per heavy atom. The Balaban J connectivity index is 2.18. The summed E-state index contributed by atoms with van der Waals surface area (Å²) in [6.07, 6.45) is -3.90. The average Bonchev–Trinajstić information content (AvgIpc) is 2.52. The van der Waals surface area contributed by atoms with Crippen LogP contribution in [0, 0.1) is 0 Å². The minimum Gasteiger partial charge on any atom is -0.394 e. The molecule has 0 bridgehead atoms. The standard InChI is InChI=1S/C10H15FN2O5/c1-10(11)7(16)5(4-14)18-8(10)13-3-2-6(15)12-9(13)17/h5,7-8,14,16H,2-4H2,1H3,(H,12,15,17)/t5?,7?,8?,10-/m1/s1. The summed E-state index contributed by atoms with van der Waals surface area (Å²) in [6, 6.07) is -0.758. The van der Waals surface area contributed by atoms with E-state index in [1.165, 1.54) is 0 Å². The van der Waals surface area contributed by atoms with Gasteiger partial charge in [-0.05, 0) is 6.92 Å². The number of carbonyl (C=O) groups excluding carboxylic acids is 2. The molecule has 2 heterocycles. The highest BCUT2D eigenvalue weighted by atomic mass is 19.1. The molecule has 3 amide bonds. The van der Waals surface area contributed by atoms with Gasteiger partial charge in [-0.2, -0.15) is 0 Å². The van der Waals surface area contributed by atoms with Crippen molar-refractivity contribution in [1.29, 1.82) is 0 Å². The first-order valence-corrected chi connectivity index (χ1v) is 5.61. The van der Waals surface area contributed by atoms with E-state index in [0.717, 1.165) is 11.8 Å². The molecule has 7 nitrogen and oxygen atoms in total. The number of alkyl halides is 1. The lowest BCUT2D eigenvalue weighted by molar-refractivity contribution is -0.126. The molecule has 0 aromatic rings. The zero-order valence-electron chi connectivity index (χ0n) is 9.80. The van der Waals surface area contributed by atoms with Crippen LogP contribution >= 0.6 is 0 Å². The molecular weight excluding hydrogens is 247 g/mol. The van der Waals surface area contributed by atoms with E-state index in [4.69, 9.17) is 9.84 Å². The van der Waals surface area contributed by atoms with Gasteiger partial charge >= 0.3 is 6.03 Å². The Morgan fingerprint density at radius 2 is 2.28 bits per heavy atom. The van der Waals surface area contributed by atoms with E-state index >= 15 is 0 Å². The van der Waals surface area contributed by atoms with Crippen LogP contribution in [-0.2, 0) is 9.53 Å². The summed E-state index contributed by atoms with van der Waals surface area (Å²) >= 11 is 0. The van der Waals surface area contributed by atoms with Crippen LogP contribution < -0.4 is 5.32 Å². The van der Waals surface area contributed by atoms with Crippen molar-refractivity contribution in [3.63, 3.8) is 0 Å². The second kappa shape index (κ2) is 4.45. The predicted octanol–water partition coefficient (Wildman–Crippen LogP) is -1.27. The molecule has 3 N–H and O–H groups in total. The van der Waals surface area contributed by atoms with Crippen LogP contribution in [0.3, 0.4) is 0 Å². The fourth-order valence-corrected chi connectivity index (χ4v) is 2.20. The minimum absolute atomic E-state index is 0.0136. The lowest BCUT2D eigenvalue weighted by Gasteiger charge is -2.35. The van der Waals surface area contributed by atoms with E-state index < -0.39 is 42.6 Å². The Morgan fingerprint density at radius 1 is 1.61 bits per heavy atom. The molecule has 0 spiro atoms. The summed E-state index contributed by atoms with van der Waals surface area (Å²) in [5, 5.41) is 20.7. The molecule has 0 radical (unpaired) electrons. The number of aliphatic hydroxyl groups excluding tert-OH is 2. The number of hydrogen-bond acceptors (Lipinski definition) is 5. The van der Waals surface area contributed by atoms with E-state index in [0.29, 0.717) is 0 Å². The monoisotopic (exact) mass is 262 g/mol.